The summed E-state index contributed by atoms with van der Waals surface area (Å²) in [5, 5.41) is 0.567. The van der Waals surface area contributed by atoms with Crippen LogP contribution in [0.3, 0.4) is 0 Å². The van der Waals surface area contributed by atoms with Crippen LogP contribution in [0.5, 0.6) is 5.75 Å². The summed E-state index contributed by atoms with van der Waals surface area (Å²) >= 11 is 5.71. The lowest BCUT2D eigenvalue weighted by molar-refractivity contribution is 0.101. The number of halogens is 1. The maximum absolute atomic E-state index is 11.0. The lowest BCUT2D eigenvalue weighted by Gasteiger charge is -2.04. The summed E-state index contributed by atoms with van der Waals surface area (Å²) in [5.74, 6) is 0.499. The molecule has 0 aliphatic heterocycles. The van der Waals surface area contributed by atoms with Crippen molar-refractivity contribution in [3.05, 3.63) is 28.8 Å². The van der Waals surface area contributed by atoms with Crippen LogP contribution in [-0.2, 0) is 0 Å². The molecule has 72 valence electrons. The predicted octanol–water partition coefficient (Wildman–Crippen LogP) is 3.19. The molecule has 1 aromatic rings. The molecule has 0 bridgehead atoms. The van der Waals surface area contributed by atoms with E-state index >= 15 is 0 Å². The van der Waals surface area contributed by atoms with Crippen LogP contribution < -0.4 is 4.74 Å². The molecular formula is C10H13ClO2. The quantitative estimate of drug-likeness (QED) is 0.686. The van der Waals surface area contributed by atoms with Crippen molar-refractivity contribution in [3.8, 4) is 5.75 Å². The van der Waals surface area contributed by atoms with Crippen LogP contribution >= 0.6 is 11.6 Å². The van der Waals surface area contributed by atoms with Crippen LogP contribution in [0.2, 0.25) is 5.02 Å². The highest BCUT2D eigenvalue weighted by molar-refractivity contribution is 6.30. The molecule has 0 heterocycles. The molecule has 0 atom stereocenters. The first kappa shape index (κ1) is 12.0. The highest BCUT2D eigenvalue weighted by Gasteiger charge is 2.06. The summed E-state index contributed by atoms with van der Waals surface area (Å²) in [7, 11) is 1.51. The Labute approximate surface area is 83.5 Å². The summed E-state index contributed by atoms with van der Waals surface area (Å²) in [4.78, 5) is 11.0. The first-order chi connectivity index (χ1) is 5.65. The average Bonchev–Trinajstić information content (AvgIpc) is 2.03. The van der Waals surface area contributed by atoms with Crippen LogP contribution in [0.25, 0.3) is 0 Å². The Morgan fingerprint density at radius 3 is 2.54 bits per heavy atom. The van der Waals surface area contributed by atoms with Gasteiger partial charge in [-0.15, -0.1) is 0 Å². The Morgan fingerprint density at radius 1 is 1.46 bits per heavy atom. The van der Waals surface area contributed by atoms with Gasteiger partial charge in [-0.2, -0.15) is 0 Å². The number of ether oxygens (including phenoxy) is 1. The standard InChI is InChI=1S/C9H9ClO2.CH4/c1-6(11)8-4-3-7(10)5-9(8)12-2;/h3-5H,1-2H3;1H4. The molecule has 0 saturated carbocycles. The van der Waals surface area contributed by atoms with Crippen molar-refractivity contribution in [1.82, 2.24) is 0 Å². The van der Waals surface area contributed by atoms with E-state index < -0.39 is 0 Å². The Morgan fingerprint density at radius 2 is 2.08 bits per heavy atom. The summed E-state index contributed by atoms with van der Waals surface area (Å²) < 4.78 is 4.98. The van der Waals surface area contributed by atoms with E-state index in [4.69, 9.17) is 16.3 Å². The number of ketones is 1. The molecule has 3 heteroatoms. The molecule has 1 aromatic carbocycles. The minimum Gasteiger partial charge on any atom is -0.496 e. The Kier molecular flexibility index (Phi) is 4.49. The van der Waals surface area contributed by atoms with E-state index in [0.717, 1.165) is 0 Å². The zero-order valence-corrected chi connectivity index (χ0v) is 7.68. The van der Waals surface area contributed by atoms with Crippen molar-refractivity contribution in [3.63, 3.8) is 0 Å². The lowest BCUT2D eigenvalue weighted by Crippen LogP contribution is -1.96. The fourth-order valence-corrected chi connectivity index (χ4v) is 1.12. The van der Waals surface area contributed by atoms with Gasteiger partial charge in [0.2, 0.25) is 0 Å². The third kappa shape index (κ3) is 2.74. The van der Waals surface area contributed by atoms with Crippen LogP contribution in [0, 0.1) is 0 Å². The topological polar surface area (TPSA) is 26.3 Å². The van der Waals surface area contributed by atoms with Crippen LogP contribution in [-0.4, -0.2) is 12.9 Å². The van der Waals surface area contributed by atoms with E-state index in [9.17, 15) is 4.79 Å². The summed E-state index contributed by atoms with van der Waals surface area (Å²) in [6, 6.07) is 4.95. The lowest BCUT2D eigenvalue weighted by atomic mass is 10.1. The van der Waals surface area contributed by atoms with Crippen LogP contribution in [0.15, 0.2) is 18.2 Å². The maximum atomic E-state index is 11.0. The average molecular weight is 201 g/mol. The number of hydrogen-bond acceptors (Lipinski definition) is 2. The SMILES string of the molecule is C.COc1cc(Cl)ccc1C(C)=O. The van der Waals surface area contributed by atoms with Gasteiger partial charge in [-0.3, -0.25) is 4.79 Å². The summed E-state index contributed by atoms with van der Waals surface area (Å²) in [5.41, 5.74) is 0.557. The van der Waals surface area contributed by atoms with Crippen LogP contribution in [0.1, 0.15) is 24.7 Å². The molecule has 1 rings (SSSR count). The monoisotopic (exact) mass is 200 g/mol. The van der Waals surface area contributed by atoms with E-state index in [1.807, 2.05) is 0 Å². The molecule has 0 N–H and O–H groups in total. The summed E-state index contributed by atoms with van der Waals surface area (Å²) in [6.07, 6.45) is 0. The van der Waals surface area contributed by atoms with Gasteiger partial charge < -0.3 is 4.74 Å². The molecule has 0 aliphatic rings. The van der Waals surface area contributed by atoms with E-state index in [1.165, 1.54) is 14.0 Å². The first-order valence-corrected chi connectivity index (χ1v) is 3.87. The van der Waals surface area contributed by atoms with Gasteiger partial charge in [0.05, 0.1) is 12.7 Å². The maximum Gasteiger partial charge on any atom is 0.163 e. The minimum atomic E-state index is -0.0245. The number of carbonyl (C=O) groups is 1. The highest BCUT2D eigenvalue weighted by Crippen LogP contribution is 2.23. The van der Waals surface area contributed by atoms with Gasteiger partial charge >= 0.3 is 0 Å². The predicted molar refractivity (Wildman–Crippen MR) is 54.7 cm³/mol. The second-order valence-electron chi connectivity index (χ2n) is 2.40. The third-order valence-corrected chi connectivity index (χ3v) is 1.78. The number of rotatable bonds is 2. The van der Waals surface area contributed by atoms with Crippen molar-refractivity contribution in [1.29, 1.82) is 0 Å². The molecule has 0 spiro atoms. The van der Waals surface area contributed by atoms with E-state index in [0.29, 0.717) is 16.3 Å². The Hall–Kier alpha value is -1.02. The highest BCUT2D eigenvalue weighted by atomic mass is 35.5. The molecule has 0 aliphatic carbocycles. The molecular weight excluding hydrogens is 188 g/mol. The molecule has 0 unspecified atom stereocenters. The van der Waals surface area contributed by atoms with Gasteiger partial charge in [-0.05, 0) is 25.1 Å². The molecule has 13 heavy (non-hydrogen) atoms. The number of benzene rings is 1. The van der Waals surface area contributed by atoms with Gasteiger partial charge in [-0.1, -0.05) is 19.0 Å². The van der Waals surface area contributed by atoms with Crippen LogP contribution in [0.4, 0.5) is 0 Å². The normalized spacial score (nSPS) is 8.85. The van der Waals surface area contributed by atoms with Gasteiger partial charge in [0.15, 0.2) is 5.78 Å². The van der Waals surface area contributed by atoms with Gasteiger partial charge in [-0.25, -0.2) is 0 Å². The number of carbonyl (C=O) groups excluding carboxylic acids is 1. The molecule has 0 radical (unpaired) electrons. The van der Waals surface area contributed by atoms with Crippen molar-refractivity contribution in [2.45, 2.75) is 14.4 Å². The smallest absolute Gasteiger partial charge is 0.163 e. The van der Waals surface area contributed by atoms with Crippen molar-refractivity contribution >= 4 is 17.4 Å². The van der Waals surface area contributed by atoms with Crippen molar-refractivity contribution < 1.29 is 9.53 Å². The molecule has 0 aromatic heterocycles. The number of methoxy groups -OCH3 is 1. The third-order valence-electron chi connectivity index (χ3n) is 1.54. The molecule has 0 saturated heterocycles. The first-order valence-electron chi connectivity index (χ1n) is 3.49. The van der Waals surface area contributed by atoms with Gasteiger partial charge in [0, 0.05) is 5.02 Å². The largest absolute Gasteiger partial charge is 0.496 e. The molecule has 2 nitrogen and oxygen atoms in total. The zero-order chi connectivity index (χ0) is 9.14. The zero-order valence-electron chi connectivity index (χ0n) is 6.93. The van der Waals surface area contributed by atoms with Crippen molar-refractivity contribution in [2.75, 3.05) is 7.11 Å². The molecule has 0 fully saturated rings. The van der Waals surface area contributed by atoms with Crippen molar-refractivity contribution in [2.24, 2.45) is 0 Å². The second-order valence-corrected chi connectivity index (χ2v) is 2.84. The Bertz CT molecular complexity index is 308. The Balaban J connectivity index is 0.00000144. The van der Waals surface area contributed by atoms with E-state index in [-0.39, 0.29) is 13.2 Å². The van der Waals surface area contributed by atoms with E-state index in [1.54, 1.807) is 18.2 Å². The van der Waals surface area contributed by atoms with E-state index in [2.05, 4.69) is 0 Å². The fourth-order valence-electron chi connectivity index (χ4n) is 0.956. The number of Topliss-reactive ketones (excluding diaryl/α,β-unsaturated/α-hetero) is 1. The summed E-state index contributed by atoms with van der Waals surface area (Å²) in [6.45, 7) is 1.49. The van der Waals surface area contributed by atoms with Gasteiger partial charge in [0.1, 0.15) is 5.75 Å². The van der Waals surface area contributed by atoms with Gasteiger partial charge in [0.25, 0.3) is 0 Å². The minimum absolute atomic E-state index is 0. The molecule has 0 amide bonds. The second kappa shape index (κ2) is 4.87. The number of hydrogen-bond donors (Lipinski definition) is 0. The fraction of sp³-hybridized carbons (Fsp3) is 0.300.